The van der Waals surface area contributed by atoms with Gasteiger partial charge >= 0.3 is 0 Å². The van der Waals surface area contributed by atoms with Gasteiger partial charge in [-0.05, 0) is 37.5 Å². The second-order valence-electron chi connectivity index (χ2n) is 5.47. The Kier molecular flexibility index (Phi) is 5.23. The van der Waals surface area contributed by atoms with Crippen LogP contribution in [0.2, 0.25) is 0 Å². The predicted molar refractivity (Wildman–Crippen MR) is 77.1 cm³/mol. The Balaban J connectivity index is 1.77. The molecule has 1 aliphatic heterocycles. The molecule has 0 aromatic heterocycles. The van der Waals surface area contributed by atoms with E-state index in [9.17, 15) is 0 Å². The van der Waals surface area contributed by atoms with Crippen molar-refractivity contribution in [1.29, 1.82) is 0 Å². The SMILES string of the molecule is Cc1ccc(C)c(OCCC[NH+]2CCOCC2)c1C. The Morgan fingerprint density at radius 1 is 1.11 bits per heavy atom. The van der Waals surface area contributed by atoms with Gasteiger partial charge in [0.05, 0.1) is 26.4 Å². The Labute approximate surface area is 116 Å². The minimum Gasteiger partial charge on any atom is -0.493 e. The normalized spacial score (nSPS) is 16.6. The minimum absolute atomic E-state index is 0.815. The Hall–Kier alpha value is -1.06. The largest absolute Gasteiger partial charge is 0.493 e. The minimum atomic E-state index is 0.815. The number of hydrogen-bond acceptors (Lipinski definition) is 2. The second kappa shape index (κ2) is 6.92. The molecule has 0 unspecified atom stereocenters. The average Bonchev–Trinajstić information content (AvgIpc) is 2.43. The summed E-state index contributed by atoms with van der Waals surface area (Å²) < 4.78 is 11.4. The zero-order chi connectivity index (χ0) is 13.7. The lowest BCUT2D eigenvalue weighted by atomic mass is 10.1. The van der Waals surface area contributed by atoms with Crippen molar-refractivity contribution in [3.63, 3.8) is 0 Å². The molecular weight excluding hydrogens is 238 g/mol. The van der Waals surface area contributed by atoms with Crippen molar-refractivity contribution in [3.8, 4) is 5.75 Å². The number of quaternary nitrogens is 1. The number of ether oxygens (including phenoxy) is 2. The molecule has 1 heterocycles. The van der Waals surface area contributed by atoms with E-state index >= 15 is 0 Å². The van der Waals surface area contributed by atoms with E-state index in [2.05, 4.69) is 32.9 Å². The number of hydrogen-bond donors (Lipinski definition) is 1. The first kappa shape index (κ1) is 14.4. The molecule has 106 valence electrons. The lowest BCUT2D eigenvalue weighted by Gasteiger charge is -2.23. The van der Waals surface area contributed by atoms with Crippen LogP contribution in [0.15, 0.2) is 12.1 Å². The van der Waals surface area contributed by atoms with Crippen LogP contribution in [0.5, 0.6) is 5.75 Å². The van der Waals surface area contributed by atoms with Gasteiger partial charge in [-0.25, -0.2) is 0 Å². The highest BCUT2D eigenvalue weighted by Crippen LogP contribution is 2.25. The van der Waals surface area contributed by atoms with Crippen LogP contribution in [0.3, 0.4) is 0 Å². The highest BCUT2D eigenvalue weighted by Gasteiger charge is 2.13. The summed E-state index contributed by atoms with van der Waals surface area (Å²) in [5.41, 5.74) is 3.82. The smallest absolute Gasteiger partial charge is 0.125 e. The molecule has 1 fully saturated rings. The first-order valence-electron chi connectivity index (χ1n) is 7.29. The van der Waals surface area contributed by atoms with Gasteiger partial charge in [-0.1, -0.05) is 12.1 Å². The highest BCUT2D eigenvalue weighted by molar-refractivity contribution is 5.44. The quantitative estimate of drug-likeness (QED) is 0.810. The van der Waals surface area contributed by atoms with Crippen LogP contribution >= 0.6 is 0 Å². The molecule has 0 spiro atoms. The van der Waals surface area contributed by atoms with Crippen LogP contribution in [-0.4, -0.2) is 39.5 Å². The van der Waals surface area contributed by atoms with Gasteiger partial charge in [-0.15, -0.1) is 0 Å². The predicted octanol–water partition coefficient (Wildman–Crippen LogP) is 1.30. The molecule has 1 saturated heterocycles. The molecular formula is C16H26NO2+. The van der Waals surface area contributed by atoms with E-state index in [0.717, 1.165) is 45.1 Å². The van der Waals surface area contributed by atoms with Crippen molar-refractivity contribution < 1.29 is 14.4 Å². The third kappa shape index (κ3) is 3.95. The maximum absolute atomic E-state index is 5.99. The first-order chi connectivity index (χ1) is 9.18. The Bertz CT molecular complexity index is 411. The summed E-state index contributed by atoms with van der Waals surface area (Å²) in [4.78, 5) is 1.65. The van der Waals surface area contributed by atoms with Crippen LogP contribution in [0.1, 0.15) is 23.1 Å². The van der Waals surface area contributed by atoms with Gasteiger partial charge in [0.25, 0.3) is 0 Å². The van der Waals surface area contributed by atoms with Crippen LogP contribution in [0.4, 0.5) is 0 Å². The molecule has 19 heavy (non-hydrogen) atoms. The fourth-order valence-electron chi connectivity index (χ4n) is 2.55. The second-order valence-corrected chi connectivity index (χ2v) is 5.47. The summed E-state index contributed by atoms with van der Waals surface area (Å²) in [6.45, 7) is 12.5. The van der Waals surface area contributed by atoms with E-state index in [-0.39, 0.29) is 0 Å². The van der Waals surface area contributed by atoms with Gasteiger partial charge in [0, 0.05) is 6.42 Å². The summed E-state index contributed by atoms with van der Waals surface area (Å²) in [7, 11) is 0. The maximum Gasteiger partial charge on any atom is 0.125 e. The molecule has 1 aliphatic rings. The molecule has 1 N–H and O–H groups in total. The molecule has 0 amide bonds. The zero-order valence-corrected chi connectivity index (χ0v) is 12.4. The summed E-state index contributed by atoms with van der Waals surface area (Å²) in [5.74, 6) is 1.08. The summed E-state index contributed by atoms with van der Waals surface area (Å²) in [5, 5.41) is 0. The van der Waals surface area contributed by atoms with Crippen molar-refractivity contribution in [2.24, 2.45) is 0 Å². The highest BCUT2D eigenvalue weighted by atomic mass is 16.5. The molecule has 1 aromatic rings. The molecule has 1 aromatic carbocycles. The van der Waals surface area contributed by atoms with Gasteiger partial charge in [-0.3, -0.25) is 0 Å². The van der Waals surface area contributed by atoms with Gasteiger partial charge < -0.3 is 14.4 Å². The van der Waals surface area contributed by atoms with E-state index in [4.69, 9.17) is 9.47 Å². The maximum atomic E-state index is 5.99. The van der Waals surface area contributed by atoms with Crippen molar-refractivity contribution in [1.82, 2.24) is 0 Å². The van der Waals surface area contributed by atoms with E-state index < -0.39 is 0 Å². The lowest BCUT2D eigenvalue weighted by Crippen LogP contribution is -3.14. The summed E-state index contributed by atoms with van der Waals surface area (Å²) in [6, 6.07) is 4.31. The van der Waals surface area contributed by atoms with Gasteiger partial charge in [0.1, 0.15) is 18.8 Å². The fraction of sp³-hybridized carbons (Fsp3) is 0.625. The van der Waals surface area contributed by atoms with Crippen LogP contribution in [0, 0.1) is 20.8 Å². The van der Waals surface area contributed by atoms with E-state index in [0.29, 0.717) is 0 Å². The third-order valence-corrected chi connectivity index (χ3v) is 3.99. The Morgan fingerprint density at radius 3 is 2.53 bits per heavy atom. The average molecular weight is 264 g/mol. The van der Waals surface area contributed by atoms with Gasteiger partial charge in [0.2, 0.25) is 0 Å². The number of nitrogens with one attached hydrogen (secondary N) is 1. The molecule has 0 saturated carbocycles. The van der Waals surface area contributed by atoms with E-state index in [1.165, 1.54) is 23.2 Å². The van der Waals surface area contributed by atoms with Crippen molar-refractivity contribution >= 4 is 0 Å². The lowest BCUT2D eigenvalue weighted by molar-refractivity contribution is -0.908. The molecule has 0 atom stereocenters. The first-order valence-corrected chi connectivity index (χ1v) is 7.29. The number of aryl methyl sites for hydroxylation is 2. The fourth-order valence-corrected chi connectivity index (χ4v) is 2.55. The molecule has 0 bridgehead atoms. The molecule has 0 radical (unpaired) electrons. The summed E-state index contributed by atoms with van der Waals surface area (Å²) >= 11 is 0. The van der Waals surface area contributed by atoms with Crippen LogP contribution in [0.25, 0.3) is 0 Å². The van der Waals surface area contributed by atoms with Crippen LogP contribution < -0.4 is 9.64 Å². The molecule has 3 heteroatoms. The topological polar surface area (TPSA) is 22.9 Å². The van der Waals surface area contributed by atoms with Gasteiger partial charge in [0.15, 0.2) is 0 Å². The zero-order valence-electron chi connectivity index (χ0n) is 12.4. The summed E-state index contributed by atoms with van der Waals surface area (Å²) in [6.07, 6.45) is 1.11. The molecule has 0 aliphatic carbocycles. The van der Waals surface area contributed by atoms with E-state index in [1.807, 2.05) is 0 Å². The Morgan fingerprint density at radius 2 is 1.79 bits per heavy atom. The van der Waals surface area contributed by atoms with Crippen molar-refractivity contribution in [2.75, 3.05) is 39.5 Å². The standard InChI is InChI=1S/C16H25NO2/c1-13-5-6-14(2)16(15(13)3)19-10-4-7-17-8-11-18-12-9-17/h5-6H,4,7-12H2,1-3H3/p+1. The third-order valence-electron chi connectivity index (χ3n) is 3.99. The van der Waals surface area contributed by atoms with E-state index in [1.54, 1.807) is 4.90 Å². The van der Waals surface area contributed by atoms with Crippen molar-refractivity contribution in [2.45, 2.75) is 27.2 Å². The number of benzene rings is 1. The molecule has 3 nitrogen and oxygen atoms in total. The van der Waals surface area contributed by atoms with Gasteiger partial charge in [-0.2, -0.15) is 0 Å². The number of rotatable bonds is 5. The molecule has 2 rings (SSSR count). The monoisotopic (exact) mass is 264 g/mol. The van der Waals surface area contributed by atoms with Crippen molar-refractivity contribution in [3.05, 3.63) is 28.8 Å². The number of morpholine rings is 1. The van der Waals surface area contributed by atoms with Crippen LogP contribution in [-0.2, 0) is 4.74 Å².